The highest BCUT2D eigenvalue weighted by atomic mass is 79.9. The second-order valence-electron chi connectivity index (χ2n) is 3.43. The molecule has 1 fully saturated rings. The van der Waals surface area contributed by atoms with Crippen molar-refractivity contribution in [2.24, 2.45) is 11.3 Å². The van der Waals surface area contributed by atoms with Gasteiger partial charge < -0.3 is 0 Å². The second kappa shape index (κ2) is 2.39. The van der Waals surface area contributed by atoms with Gasteiger partial charge in [-0.1, -0.05) is 19.9 Å². The van der Waals surface area contributed by atoms with Gasteiger partial charge in [0.1, 0.15) is 6.07 Å². The zero-order chi connectivity index (χ0) is 7.78. The quantitative estimate of drug-likeness (QED) is 0.597. The first-order valence-electron chi connectivity index (χ1n) is 3.34. The van der Waals surface area contributed by atoms with Crippen molar-refractivity contribution < 1.29 is 0 Å². The lowest BCUT2D eigenvalue weighted by Gasteiger charge is -1.94. The van der Waals surface area contributed by atoms with Crippen LogP contribution in [0.3, 0.4) is 0 Å². The van der Waals surface area contributed by atoms with Crippen LogP contribution in [-0.2, 0) is 0 Å². The van der Waals surface area contributed by atoms with Gasteiger partial charge in [-0.05, 0) is 33.7 Å². The summed E-state index contributed by atoms with van der Waals surface area (Å²) < 4.78 is 0.670. The minimum Gasteiger partial charge on any atom is -0.192 e. The zero-order valence-corrected chi connectivity index (χ0v) is 7.77. The van der Waals surface area contributed by atoms with Crippen molar-refractivity contribution in [3.63, 3.8) is 0 Å². The molecule has 10 heavy (non-hydrogen) atoms. The van der Waals surface area contributed by atoms with Crippen LogP contribution in [0.1, 0.15) is 20.3 Å². The first kappa shape index (κ1) is 7.81. The molecule has 0 N–H and O–H groups in total. The van der Waals surface area contributed by atoms with E-state index in [1.165, 1.54) is 6.42 Å². The molecule has 0 aromatic carbocycles. The number of rotatable bonds is 1. The van der Waals surface area contributed by atoms with E-state index in [1.807, 2.05) is 6.08 Å². The van der Waals surface area contributed by atoms with Crippen molar-refractivity contribution in [3.05, 3.63) is 10.6 Å². The summed E-state index contributed by atoms with van der Waals surface area (Å²) >= 11 is 3.17. The fraction of sp³-hybridized carbons (Fsp3) is 0.625. The molecule has 1 rings (SSSR count). The molecule has 1 atom stereocenters. The van der Waals surface area contributed by atoms with E-state index >= 15 is 0 Å². The summed E-state index contributed by atoms with van der Waals surface area (Å²) in [7, 11) is 0. The normalized spacial score (nSPS) is 29.4. The molecule has 0 bridgehead atoms. The van der Waals surface area contributed by atoms with Gasteiger partial charge in [0.05, 0.1) is 4.48 Å². The molecule has 0 aromatic heterocycles. The Morgan fingerprint density at radius 1 is 1.80 bits per heavy atom. The van der Waals surface area contributed by atoms with Crippen molar-refractivity contribution in [1.82, 2.24) is 0 Å². The maximum atomic E-state index is 8.42. The predicted molar refractivity (Wildman–Crippen MR) is 44.5 cm³/mol. The summed E-state index contributed by atoms with van der Waals surface area (Å²) in [6.45, 7) is 4.43. The maximum absolute atomic E-state index is 8.42. The van der Waals surface area contributed by atoms with Crippen LogP contribution < -0.4 is 0 Å². The lowest BCUT2D eigenvalue weighted by Crippen LogP contribution is -1.85. The first-order valence-corrected chi connectivity index (χ1v) is 4.13. The predicted octanol–water partition coefficient (Wildman–Crippen LogP) is 2.83. The molecule has 0 saturated heterocycles. The van der Waals surface area contributed by atoms with Crippen LogP contribution in [0, 0.1) is 22.7 Å². The average Bonchev–Trinajstić information content (AvgIpc) is 2.40. The summed E-state index contributed by atoms with van der Waals surface area (Å²) in [5.74, 6) is 0.613. The third-order valence-electron chi connectivity index (χ3n) is 2.04. The Hall–Kier alpha value is -0.290. The fourth-order valence-corrected chi connectivity index (χ4v) is 1.33. The molecule has 1 aliphatic carbocycles. The molecule has 0 spiro atoms. The van der Waals surface area contributed by atoms with E-state index in [-0.39, 0.29) is 0 Å². The third-order valence-corrected chi connectivity index (χ3v) is 2.49. The second-order valence-corrected chi connectivity index (χ2v) is 4.28. The summed E-state index contributed by atoms with van der Waals surface area (Å²) in [5.41, 5.74) is 0.440. The molecule has 1 aliphatic rings. The molecular formula is C8H10BrN. The van der Waals surface area contributed by atoms with Crippen LogP contribution in [-0.4, -0.2) is 0 Å². The molecule has 2 heteroatoms. The largest absolute Gasteiger partial charge is 0.192 e. The molecule has 0 aromatic rings. The number of halogens is 1. The SMILES string of the molecule is CC1(C)CC1/C=C(/Br)C#N. The monoisotopic (exact) mass is 199 g/mol. The smallest absolute Gasteiger partial charge is 0.106 e. The van der Waals surface area contributed by atoms with Crippen molar-refractivity contribution in [2.75, 3.05) is 0 Å². The van der Waals surface area contributed by atoms with Gasteiger partial charge in [-0.15, -0.1) is 0 Å². The summed E-state index contributed by atoms with van der Waals surface area (Å²) in [4.78, 5) is 0. The van der Waals surface area contributed by atoms with Crippen molar-refractivity contribution in [3.8, 4) is 6.07 Å². The maximum Gasteiger partial charge on any atom is 0.106 e. The van der Waals surface area contributed by atoms with Gasteiger partial charge in [0, 0.05) is 0 Å². The number of nitrogens with zero attached hydrogens (tertiary/aromatic N) is 1. The van der Waals surface area contributed by atoms with E-state index in [0.717, 1.165) is 0 Å². The Balaban J connectivity index is 2.52. The van der Waals surface area contributed by atoms with Crippen molar-refractivity contribution in [2.45, 2.75) is 20.3 Å². The number of nitriles is 1. The minimum absolute atomic E-state index is 0.440. The van der Waals surface area contributed by atoms with Gasteiger partial charge in [-0.3, -0.25) is 0 Å². The van der Waals surface area contributed by atoms with Crippen LogP contribution in [0.4, 0.5) is 0 Å². The molecule has 0 radical (unpaired) electrons. The van der Waals surface area contributed by atoms with Gasteiger partial charge in [-0.2, -0.15) is 5.26 Å². The summed E-state index contributed by atoms with van der Waals surface area (Å²) in [5, 5.41) is 8.42. The highest BCUT2D eigenvalue weighted by Crippen LogP contribution is 2.53. The van der Waals surface area contributed by atoms with E-state index in [4.69, 9.17) is 5.26 Å². The van der Waals surface area contributed by atoms with Crippen LogP contribution >= 0.6 is 15.9 Å². The molecule has 1 nitrogen and oxygen atoms in total. The van der Waals surface area contributed by atoms with Gasteiger partial charge in [0.2, 0.25) is 0 Å². The molecule has 0 heterocycles. The summed E-state index contributed by atoms with van der Waals surface area (Å²) in [6, 6.07) is 2.05. The zero-order valence-electron chi connectivity index (χ0n) is 6.19. The van der Waals surface area contributed by atoms with Crippen LogP contribution in [0.15, 0.2) is 10.6 Å². The van der Waals surface area contributed by atoms with Gasteiger partial charge >= 0.3 is 0 Å². The Kier molecular flexibility index (Phi) is 1.87. The van der Waals surface area contributed by atoms with Gasteiger partial charge in [-0.25, -0.2) is 0 Å². The highest BCUT2D eigenvalue weighted by molar-refractivity contribution is 9.12. The van der Waals surface area contributed by atoms with Crippen molar-refractivity contribution >= 4 is 15.9 Å². The number of hydrogen-bond donors (Lipinski definition) is 0. The lowest BCUT2D eigenvalue weighted by atomic mass is 10.1. The standard InChI is InChI=1S/C8H10BrN/c1-8(2)4-6(8)3-7(9)5-10/h3,6H,4H2,1-2H3/b7-3+. The molecular weight excluding hydrogens is 190 g/mol. The third kappa shape index (κ3) is 1.60. The Bertz CT molecular complexity index is 210. The Labute approximate surface area is 69.9 Å². The average molecular weight is 200 g/mol. The van der Waals surface area contributed by atoms with E-state index in [2.05, 4.69) is 35.8 Å². The Morgan fingerprint density at radius 3 is 2.60 bits per heavy atom. The topological polar surface area (TPSA) is 23.8 Å². The summed E-state index contributed by atoms with van der Waals surface area (Å²) in [6.07, 6.45) is 3.21. The molecule has 1 unspecified atom stereocenters. The van der Waals surface area contributed by atoms with E-state index < -0.39 is 0 Å². The van der Waals surface area contributed by atoms with E-state index in [0.29, 0.717) is 15.8 Å². The molecule has 0 amide bonds. The molecule has 0 aliphatic heterocycles. The number of allylic oxidation sites excluding steroid dienone is 2. The van der Waals surface area contributed by atoms with Crippen molar-refractivity contribution in [1.29, 1.82) is 5.26 Å². The van der Waals surface area contributed by atoms with Crippen LogP contribution in [0.2, 0.25) is 0 Å². The molecule has 54 valence electrons. The number of hydrogen-bond acceptors (Lipinski definition) is 1. The molecule has 1 saturated carbocycles. The van der Waals surface area contributed by atoms with Gasteiger partial charge in [0.25, 0.3) is 0 Å². The lowest BCUT2D eigenvalue weighted by molar-refractivity contribution is 0.610. The van der Waals surface area contributed by atoms with E-state index in [1.54, 1.807) is 0 Å². The van der Waals surface area contributed by atoms with Crippen LogP contribution in [0.25, 0.3) is 0 Å². The first-order chi connectivity index (χ1) is 4.56. The van der Waals surface area contributed by atoms with Crippen LogP contribution in [0.5, 0.6) is 0 Å². The highest BCUT2D eigenvalue weighted by Gasteiger charge is 2.43. The van der Waals surface area contributed by atoms with Gasteiger partial charge in [0.15, 0.2) is 0 Å². The minimum atomic E-state index is 0.440. The fourth-order valence-electron chi connectivity index (χ4n) is 1.01. The van der Waals surface area contributed by atoms with E-state index in [9.17, 15) is 0 Å². The Morgan fingerprint density at radius 2 is 2.30 bits per heavy atom.